The average Bonchev–Trinajstić information content (AvgIpc) is 3.12. The van der Waals surface area contributed by atoms with Gasteiger partial charge in [-0.25, -0.2) is 8.78 Å². The van der Waals surface area contributed by atoms with Gasteiger partial charge in [-0.3, -0.25) is 19.1 Å². The highest BCUT2D eigenvalue weighted by Gasteiger charge is 2.20. The Balaban J connectivity index is 1.67. The standard InChI is InChI=1S/C21H19ClF2N4O3/c22-16-6-3-4-14(21(16)24)10-25-19(30)11-27(9-8-23)20(31)12-28-18-7-2-1-5-15(18)17(13-29)26-28/h1-7,13H,8-12H2,(H,25,30). The highest BCUT2D eigenvalue weighted by atomic mass is 35.5. The summed E-state index contributed by atoms with van der Waals surface area (Å²) in [5.41, 5.74) is 0.939. The molecule has 0 saturated carbocycles. The summed E-state index contributed by atoms with van der Waals surface area (Å²) in [5, 5.41) is 7.13. The van der Waals surface area contributed by atoms with Crippen molar-refractivity contribution in [2.24, 2.45) is 0 Å². The summed E-state index contributed by atoms with van der Waals surface area (Å²) in [6.45, 7) is -1.95. The maximum atomic E-state index is 13.9. The molecule has 0 aliphatic carbocycles. The number of amides is 2. The molecule has 0 atom stereocenters. The number of benzene rings is 2. The van der Waals surface area contributed by atoms with Gasteiger partial charge in [0.05, 0.1) is 17.1 Å². The summed E-state index contributed by atoms with van der Waals surface area (Å²) in [6, 6.07) is 11.3. The Morgan fingerprint density at radius 3 is 2.71 bits per heavy atom. The number of nitrogens with one attached hydrogen (secondary N) is 1. The van der Waals surface area contributed by atoms with Gasteiger partial charge in [-0.1, -0.05) is 41.9 Å². The van der Waals surface area contributed by atoms with E-state index in [0.29, 0.717) is 17.2 Å². The van der Waals surface area contributed by atoms with Gasteiger partial charge in [-0.15, -0.1) is 0 Å². The number of aldehydes is 1. The number of nitrogens with zero attached hydrogens (tertiary/aromatic N) is 3. The number of fused-ring (bicyclic) bond motifs is 1. The van der Waals surface area contributed by atoms with Gasteiger partial charge in [0, 0.05) is 24.0 Å². The largest absolute Gasteiger partial charge is 0.350 e. The first-order valence-electron chi connectivity index (χ1n) is 9.38. The Kier molecular flexibility index (Phi) is 7.30. The Morgan fingerprint density at radius 2 is 1.97 bits per heavy atom. The van der Waals surface area contributed by atoms with Crippen molar-refractivity contribution < 1.29 is 23.2 Å². The van der Waals surface area contributed by atoms with Crippen LogP contribution in [0, 0.1) is 5.82 Å². The second kappa shape index (κ2) is 10.1. The van der Waals surface area contributed by atoms with Crippen LogP contribution in [0.15, 0.2) is 42.5 Å². The van der Waals surface area contributed by atoms with E-state index in [2.05, 4.69) is 10.4 Å². The van der Waals surface area contributed by atoms with E-state index in [1.165, 1.54) is 16.8 Å². The molecule has 10 heteroatoms. The van der Waals surface area contributed by atoms with Crippen molar-refractivity contribution in [1.82, 2.24) is 20.0 Å². The fourth-order valence-electron chi connectivity index (χ4n) is 3.09. The molecule has 0 aliphatic heterocycles. The number of alkyl halides is 1. The molecule has 0 saturated heterocycles. The van der Waals surface area contributed by atoms with Gasteiger partial charge in [0.1, 0.15) is 24.7 Å². The first-order valence-corrected chi connectivity index (χ1v) is 9.76. The number of halogens is 3. The topological polar surface area (TPSA) is 84.3 Å². The molecule has 0 aliphatic rings. The highest BCUT2D eigenvalue weighted by Crippen LogP contribution is 2.18. The third kappa shape index (κ3) is 5.24. The number of carbonyl (C=O) groups excluding carboxylic acids is 3. The van der Waals surface area contributed by atoms with Crippen molar-refractivity contribution in [3.63, 3.8) is 0 Å². The minimum atomic E-state index is -0.846. The second-order valence-corrected chi connectivity index (χ2v) is 7.08. The van der Waals surface area contributed by atoms with Gasteiger partial charge >= 0.3 is 0 Å². The third-order valence-corrected chi connectivity index (χ3v) is 4.92. The van der Waals surface area contributed by atoms with Crippen molar-refractivity contribution in [2.75, 3.05) is 19.8 Å². The second-order valence-electron chi connectivity index (χ2n) is 6.67. The molecule has 0 fully saturated rings. The summed E-state index contributed by atoms with van der Waals surface area (Å²) >= 11 is 5.71. The number of aromatic nitrogens is 2. The quantitative estimate of drug-likeness (QED) is 0.510. The van der Waals surface area contributed by atoms with Crippen molar-refractivity contribution in [3.8, 4) is 0 Å². The molecule has 31 heavy (non-hydrogen) atoms. The van der Waals surface area contributed by atoms with Crippen LogP contribution in [0.2, 0.25) is 5.02 Å². The molecule has 1 heterocycles. The Hall–Kier alpha value is -3.33. The molecule has 1 N–H and O–H groups in total. The molecule has 0 spiro atoms. The van der Waals surface area contributed by atoms with Gasteiger partial charge < -0.3 is 10.2 Å². The van der Waals surface area contributed by atoms with Crippen LogP contribution in [0.3, 0.4) is 0 Å². The fraction of sp³-hybridized carbons (Fsp3) is 0.238. The predicted octanol–water partition coefficient (Wildman–Crippen LogP) is 2.76. The van der Waals surface area contributed by atoms with Crippen LogP contribution < -0.4 is 5.32 Å². The number of para-hydroxylation sites is 1. The van der Waals surface area contributed by atoms with Crippen LogP contribution in [0.25, 0.3) is 10.9 Å². The van der Waals surface area contributed by atoms with Crippen molar-refractivity contribution >= 4 is 40.6 Å². The zero-order valence-corrected chi connectivity index (χ0v) is 17.1. The van der Waals surface area contributed by atoms with E-state index in [-0.39, 0.29) is 35.9 Å². The number of hydrogen-bond acceptors (Lipinski definition) is 4. The zero-order valence-electron chi connectivity index (χ0n) is 16.4. The molecule has 0 radical (unpaired) electrons. The summed E-state index contributed by atoms with van der Waals surface area (Å²) in [5.74, 6) is -1.77. The fourth-order valence-corrected chi connectivity index (χ4v) is 3.28. The van der Waals surface area contributed by atoms with Crippen LogP contribution in [-0.2, 0) is 22.7 Å². The monoisotopic (exact) mass is 448 g/mol. The third-order valence-electron chi connectivity index (χ3n) is 4.63. The van der Waals surface area contributed by atoms with E-state index < -0.39 is 30.9 Å². The molecule has 2 amide bonds. The molecule has 2 aromatic carbocycles. The first-order chi connectivity index (χ1) is 14.9. The lowest BCUT2D eigenvalue weighted by Gasteiger charge is -2.21. The minimum Gasteiger partial charge on any atom is -0.350 e. The van der Waals surface area contributed by atoms with Gasteiger partial charge in [0.2, 0.25) is 11.8 Å². The number of hydrogen-bond donors (Lipinski definition) is 1. The molecule has 3 aromatic rings. The zero-order chi connectivity index (χ0) is 22.4. The van der Waals surface area contributed by atoms with Crippen molar-refractivity contribution in [3.05, 3.63) is 64.6 Å². The maximum Gasteiger partial charge on any atom is 0.244 e. The lowest BCUT2D eigenvalue weighted by atomic mass is 10.2. The molecule has 0 unspecified atom stereocenters. The van der Waals surface area contributed by atoms with Crippen LogP contribution in [0.4, 0.5) is 8.78 Å². The summed E-state index contributed by atoms with van der Waals surface area (Å²) in [7, 11) is 0. The minimum absolute atomic E-state index is 0.0675. The normalized spacial score (nSPS) is 10.8. The molecule has 1 aromatic heterocycles. The summed E-state index contributed by atoms with van der Waals surface area (Å²) in [6.07, 6.45) is 0.588. The molecule has 3 rings (SSSR count). The lowest BCUT2D eigenvalue weighted by molar-refractivity contribution is -0.136. The van der Waals surface area contributed by atoms with E-state index in [0.717, 1.165) is 4.90 Å². The smallest absolute Gasteiger partial charge is 0.244 e. The number of rotatable bonds is 9. The van der Waals surface area contributed by atoms with E-state index in [4.69, 9.17) is 11.6 Å². The average molecular weight is 449 g/mol. The van der Waals surface area contributed by atoms with Crippen LogP contribution in [0.1, 0.15) is 16.1 Å². The van der Waals surface area contributed by atoms with E-state index in [9.17, 15) is 23.2 Å². The van der Waals surface area contributed by atoms with Crippen LogP contribution in [0.5, 0.6) is 0 Å². The molecule has 0 bridgehead atoms. The predicted molar refractivity (Wildman–Crippen MR) is 111 cm³/mol. The Morgan fingerprint density at radius 1 is 1.19 bits per heavy atom. The Bertz CT molecular complexity index is 1120. The van der Waals surface area contributed by atoms with Crippen molar-refractivity contribution in [2.45, 2.75) is 13.1 Å². The molecular formula is C21H19ClF2N4O3. The first kappa shape index (κ1) is 22.4. The van der Waals surface area contributed by atoms with E-state index >= 15 is 0 Å². The van der Waals surface area contributed by atoms with E-state index in [1.807, 2.05) is 0 Å². The van der Waals surface area contributed by atoms with Gasteiger partial charge in [-0.2, -0.15) is 5.10 Å². The van der Waals surface area contributed by atoms with E-state index in [1.54, 1.807) is 30.3 Å². The summed E-state index contributed by atoms with van der Waals surface area (Å²) < 4.78 is 28.3. The maximum absolute atomic E-state index is 13.9. The highest BCUT2D eigenvalue weighted by molar-refractivity contribution is 6.30. The lowest BCUT2D eigenvalue weighted by Crippen LogP contribution is -2.43. The van der Waals surface area contributed by atoms with Crippen LogP contribution >= 0.6 is 11.6 Å². The molecular weight excluding hydrogens is 430 g/mol. The van der Waals surface area contributed by atoms with Gasteiger partial charge in [-0.05, 0) is 12.1 Å². The molecule has 7 nitrogen and oxygen atoms in total. The number of carbonyl (C=O) groups is 3. The van der Waals surface area contributed by atoms with Gasteiger partial charge in [0.25, 0.3) is 0 Å². The summed E-state index contributed by atoms with van der Waals surface area (Å²) in [4.78, 5) is 37.2. The Labute approximate surface area is 181 Å². The molecule has 162 valence electrons. The van der Waals surface area contributed by atoms with Gasteiger partial charge in [0.15, 0.2) is 6.29 Å². The van der Waals surface area contributed by atoms with Crippen LogP contribution in [-0.4, -0.2) is 52.5 Å². The SMILES string of the molecule is O=Cc1nn(CC(=O)N(CCF)CC(=O)NCc2cccc(Cl)c2F)c2ccccc12. The van der Waals surface area contributed by atoms with Crippen molar-refractivity contribution in [1.29, 1.82) is 0 Å².